The average molecular weight is 318 g/mol. The minimum absolute atomic E-state index is 0.120. The summed E-state index contributed by atoms with van der Waals surface area (Å²) in [6, 6.07) is 6.74. The van der Waals surface area contributed by atoms with Crippen molar-refractivity contribution in [3.8, 4) is 0 Å². The Morgan fingerprint density at radius 1 is 1.35 bits per heavy atom. The van der Waals surface area contributed by atoms with Crippen molar-refractivity contribution in [3.05, 3.63) is 53.2 Å². The number of hydrogen-bond acceptors (Lipinski definition) is 4. The Balaban J connectivity index is 1.64. The van der Waals surface area contributed by atoms with Crippen LogP contribution in [0.3, 0.4) is 0 Å². The number of rotatable bonds is 6. The molecular weight excluding hydrogens is 303 g/mol. The van der Waals surface area contributed by atoms with Crippen LogP contribution in [0, 0.1) is 5.82 Å². The summed E-state index contributed by atoms with van der Waals surface area (Å²) in [5.74, 6) is -1.98. The van der Waals surface area contributed by atoms with Gasteiger partial charge in [0.05, 0.1) is 5.92 Å². The van der Waals surface area contributed by atoms with Crippen LogP contribution in [0.2, 0.25) is 0 Å². The first kappa shape index (κ1) is 15.2. The van der Waals surface area contributed by atoms with Crippen LogP contribution >= 0.6 is 0 Å². The smallest absolute Gasteiger partial charge is 0.312 e. The molecule has 1 amide bonds. The van der Waals surface area contributed by atoms with Crippen molar-refractivity contribution in [2.24, 2.45) is 0 Å². The lowest BCUT2D eigenvalue weighted by Gasteiger charge is -2.13. The lowest BCUT2D eigenvalue weighted by molar-refractivity contribution is -0.138. The van der Waals surface area contributed by atoms with Crippen molar-refractivity contribution in [1.82, 2.24) is 10.5 Å². The average Bonchev–Trinajstić information content (AvgIpc) is 3.26. The van der Waals surface area contributed by atoms with Crippen molar-refractivity contribution in [3.63, 3.8) is 0 Å². The van der Waals surface area contributed by atoms with Crippen LogP contribution in [0.1, 0.15) is 46.5 Å². The summed E-state index contributed by atoms with van der Waals surface area (Å²) in [5, 5.41) is 15.5. The van der Waals surface area contributed by atoms with E-state index in [1.54, 1.807) is 6.07 Å². The molecule has 6 nitrogen and oxygen atoms in total. The Labute approximate surface area is 131 Å². The molecule has 1 atom stereocenters. The molecule has 23 heavy (non-hydrogen) atoms. The zero-order valence-corrected chi connectivity index (χ0v) is 12.2. The van der Waals surface area contributed by atoms with E-state index in [1.807, 2.05) is 0 Å². The number of aliphatic carboxylic acids is 1. The lowest BCUT2D eigenvalue weighted by Crippen LogP contribution is -2.31. The van der Waals surface area contributed by atoms with Gasteiger partial charge in [0, 0.05) is 18.5 Å². The second-order valence-corrected chi connectivity index (χ2v) is 5.54. The van der Waals surface area contributed by atoms with Gasteiger partial charge in [-0.2, -0.15) is 0 Å². The van der Waals surface area contributed by atoms with E-state index in [2.05, 4.69) is 10.5 Å². The number of carbonyl (C=O) groups is 2. The van der Waals surface area contributed by atoms with Gasteiger partial charge in [-0.3, -0.25) is 9.59 Å². The van der Waals surface area contributed by atoms with Gasteiger partial charge < -0.3 is 14.9 Å². The highest BCUT2D eigenvalue weighted by Gasteiger charge is 2.29. The monoisotopic (exact) mass is 318 g/mol. The van der Waals surface area contributed by atoms with Gasteiger partial charge in [0.25, 0.3) is 5.91 Å². The van der Waals surface area contributed by atoms with E-state index in [9.17, 15) is 19.1 Å². The highest BCUT2D eigenvalue weighted by Crippen LogP contribution is 2.40. The molecule has 0 spiro atoms. The summed E-state index contributed by atoms with van der Waals surface area (Å²) in [5.41, 5.74) is 0.549. The molecule has 0 bridgehead atoms. The number of carbonyl (C=O) groups excluding carboxylic acids is 1. The van der Waals surface area contributed by atoms with Gasteiger partial charge in [0.15, 0.2) is 5.69 Å². The Morgan fingerprint density at radius 2 is 2.04 bits per heavy atom. The minimum atomic E-state index is -1.10. The molecule has 1 aliphatic rings. The summed E-state index contributed by atoms with van der Waals surface area (Å²) in [6.07, 6.45) is 2.06. The molecule has 2 aromatic rings. The number of amides is 1. The van der Waals surface area contributed by atoms with E-state index in [1.165, 1.54) is 24.3 Å². The minimum Gasteiger partial charge on any atom is -0.481 e. The molecule has 120 valence electrons. The fraction of sp³-hybridized carbons (Fsp3) is 0.312. The topological polar surface area (TPSA) is 92.4 Å². The van der Waals surface area contributed by atoms with E-state index >= 15 is 0 Å². The molecule has 1 aliphatic carbocycles. The molecule has 0 saturated heterocycles. The lowest BCUT2D eigenvalue weighted by atomic mass is 9.99. The van der Waals surface area contributed by atoms with Gasteiger partial charge in [-0.05, 0) is 30.5 Å². The molecule has 3 rings (SSSR count). The Bertz CT molecular complexity index is 722. The number of carboxylic acid groups (broad SMARTS) is 1. The summed E-state index contributed by atoms with van der Waals surface area (Å²) in [6.45, 7) is -0.120. The molecule has 2 N–H and O–H groups in total. The third kappa shape index (κ3) is 3.56. The highest BCUT2D eigenvalue weighted by molar-refractivity contribution is 5.92. The van der Waals surface area contributed by atoms with Crippen LogP contribution in [0.4, 0.5) is 4.39 Å². The second kappa shape index (κ2) is 6.20. The van der Waals surface area contributed by atoms with Crippen LogP contribution in [0.15, 0.2) is 34.9 Å². The standard InChI is InChI=1S/C16H15FN2O4/c17-11-5-3-9(4-6-11)12(16(21)22)8-18-15(20)13-7-14(23-19-13)10-1-2-10/h3-7,10,12H,1-2,8H2,(H,18,20)(H,21,22). The normalized spacial score (nSPS) is 15.2. The van der Waals surface area contributed by atoms with Gasteiger partial charge in [0.1, 0.15) is 11.6 Å². The maximum atomic E-state index is 12.9. The third-order valence-corrected chi connectivity index (χ3v) is 3.78. The van der Waals surface area contributed by atoms with E-state index in [0.717, 1.165) is 12.8 Å². The molecule has 0 aliphatic heterocycles. The van der Waals surface area contributed by atoms with Crippen molar-refractivity contribution in [1.29, 1.82) is 0 Å². The molecule has 1 aromatic heterocycles. The molecule has 1 aromatic carbocycles. The quantitative estimate of drug-likeness (QED) is 0.852. The number of benzene rings is 1. The number of nitrogens with zero attached hydrogens (tertiary/aromatic N) is 1. The van der Waals surface area contributed by atoms with E-state index < -0.39 is 23.6 Å². The van der Waals surface area contributed by atoms with Crippen LogP contribution in [-0.2, 0) is 4.79 Å². The molecule has 7 heteroatoms. The summed E-state index contributed by atoms with van der Waals surface area (Å²) >= 11 is 0. The third-order valence-electron chi connectivity index (χ3n) is 3.78. The van der Waals surface area contributed by atoms with Crippen LogP contribution in [0.5, 0.6) is 0 Å². The largest absolute Gasteiger partial charge is 0.481 e. The number of halogens is 1. The zero-order chi connectivity index (χ0) is 16.4. The van der Waals surface area contributed by atoms with Crippen LogP contribution < -0.4 is 5.32 Å². The SMILES string of the molecule is O=C(NCC(C(=O)O)c1ccc(F)cc1)c1cc(C2CC2)on1. The van der Waals surface area contributed by atoms with Gasteiger partial charge >= 0.3 is 5.97 Å². The fourth-order valence-corrected chi connectivity index (χ4v) is 2.28. The van der Waals surface area contributed by atoms with Crippen molar-refractivity contribution in [2.75, 3.05) is 6.54 Å². The summed E-state index contributed by atoms with van der Waals surface area (Å²) < 4.78 is 18.0. The first-order valence-corrected chi connectivity index (χ1v) is 7.27. The maximum Gasteiger partial charge on any atom is 0.312 e. The van der Waals surface area contributed by atoms with Gasteiger partial charge in [-0.15, -0.1) is 0 Å². The molecule has 1 saturated carbocycles. The van der Waals surface area contributed by atoms with Crippen LogP contribution in [0.25, 0.3) is 0 Å². The molecular formula is C16H15FN2O4. The predicted octanol–water partition coefficient (Wildman–Crippen LogP) is 2.29. The highest BCUT2D eigenvalue weighted by atomic mass is 19.1. The van der Waals surface area contributed by atoms with E-state index in [0.29, 0.717) is 17.2 Å². The maximum absolute atomic E-state index is 12.9. The van der Waals surface area contributed by atoms with Gasteiger partial charge in [0.2, 0.25) is 0 Å². The zero-order valence-electron chi connectivity index (χ0n) is 12.2. The fourth-order valence-electron chi connectivity index (χ4n) is 2.28. The Hall–Kier alpha value is -2.70. The Kier molecular flexibility index (Phi) is 4.10. The van der Waals surface area contributed by atoms with E-state index in [-0.39, 0.29) is 12.2 Å². The van der Waals surface area contributed by atoms with Crippen molar-refractivity contribution < 1.29 is 23.6 Å². The summed E-state index contributed by atoms with van der Waals surface area (Å²) in [4.78, 5) is 23.4. The first-order valence-electron chi connectivity index (χ1n) is 7.27. The summed E-state index contributed by atoms with van der Waals surface area (Å²) in [7, 11) is 0. The predicted molar refractivity (Wildman–Crippen MR) is 77.6 cm³/mol. The number of aromatic nitrogens is 1. The Morgan fingerprint density at radius 3 is 2.65 bits per heavy atom. The molecule has 1 fully saturated rings. The van der Waals surface area contributed by atoms with Gasteiger partial charge in [-0.1, -0.05) is 17.3 Å². The van der Waals surface area contributed by atoms with E-state index in [4.69, 9.17) is 4.52 Å². The first-order chi connectivity index (χ1) is 11.0. The molecule has 1 unspecified atom stereocenters. The number of hydrogen-bond donors (Lipinski definition) is 2. The number of carboxylic acids is 1. The number of nitrogens with one attached hydrogen (secondary N) is 1. The van der Waals surface area contributed by atoms with Crippen molar-refractivity contribution in [2.45, 2.75) is 24.7 Å². The van der Waals surface area contributed by atoms with Crippen LogP contribution in [-0.4, -0.2) is 28.7 Å². The molecule has 1 heterocycles. The molecule has 0 radical (unpaired) electrons. The van der Waals surface area contributed by atoms with Crippen molar-refractivity contribution >= 4 is 11.9 Å². The van der Waals surface area contributed by atoms with Gasteiger partial charge in [-0.25, -0.2) is 4.39 Å². The second-order valence-electron chi connectivity index (χ2n) is 5.54.